The summed E-state index contributed by atoms with van der Waals surface area (Å²) in [6.45, 7) is 11.2. The zero-order valence-corrected chi connectivity index (χ0v) is 24.8. The number of amides is 1. The average Bonchev–Trinajstić information content (AvgIpc) is 3.21. The number of nitrogens with zero attached hydrogens (tertiary/aromatic N) is 3. The summed E-state index contributed by atoms with van der Waals surface area (Å²) >= 11 is 0. The van der Waals surface area contributed by atoms with Crippen LogP contribution in [-0.2, 0) is 17.7 Å². The molecule has 1 aromatic carbocycles. The van der Waals surface area contributed by atoms with Gasteiger partial charge >= 0.3 is 6.09 Å². The standard InChI is InChI=1S/C32H42N6O3/c1-30(2,3)41-29(39)37-25-22-9-19-10-23(25)14-32(11-19,13-22)18-36-27-24(15-33)17-35-28(38-27)34-16-21-8-6-7-20-12-31(4,5)40-26(20)21/h6-8,17,19,22-23,25H,9-14,16,18H2,1-5H3,(H,37,39)(H2,34,35,36,38)/t19?,22-,23+,25?,32?. The van der Waals surface area contributed by atoms with Crippen LogP contribution >= 0.6 is 0 Å². The predicted octanol–water partition coefficient (Wildman–Crippen LogP) is 5.81. The van der Waals surface area contributed by atoms with Gasteiger partial charge < -0.3 is 25.4 Å². The lowest BCUT2D eigenvalue weighted by molar-refractivity contribution is -0.0703. The van der Waals surface area contributed by atoms with Crippen molar-refractivity contribution in [2.45, 2.75) is 96.9 Å². The van der Waals surface area contributed by atoms with Gasteiger partial charge in [-0.2, -0.15) is 10.2 Å². The number of fused-ring (bicyclic) bond motifs is 1. The maximum atomic E-state index is 12.6. The normalized spacial score (nSPS) is 28.8. The molecule has 5 aliphatic rings. The Morgan fingerprint density at radius 2 is 1.93 bits per heavy atom. The van der Waals surface area contributed by atoms with Crippen molar-refractivity contribution >= 4 is 17.9 Å². The van der Waals surface area contributed by atoms with Gasteiger partial charge in [0.2, 0.25) is 5.95 Å². The van der Waals surface area contributed by atoms with Gasteiger partial charge in [0, 0.05) is 31.1 Å². The van der Waals surface area contributed by atoms with E-state index >= 15 is 0 Å². The Bertz CT molecular complexity index is 1360. The molecule has 4 aliphatic carbocycles. The molecule has 3 N–H and O–H groups in total. The summed E-state index contributed by atoms with van der Waals surface area (Å²) in [4.78, 5) is 21.7. The number of benzene rings is 1. The summed E-state index contributed by atoms with van der Waals surface area (Å²) in [5.41, 5.74) is 2.16. The topological polar surface area (TPSA) is 121 Å². The van der Waals surface area contributed by atoms with E-state index in [2.05, 4.69) is 59.1 Å². The fourth-order valence-corrected chi connectivity index (χ4v) is 8.04. The number of rotatable bonds is 7. The van der Waals surface area contributed by atoms with Crippen LogP contribution in [0.3, 0.4) is 0 Å². The first-order valence-corrected chi connectivity index (χ1v) is 15.0. The molecule has 3 unspecified atom stereocenters. The highest BCUT2D eigenvalue weighted by atomic mass is 16.6. The molecule has 2 heterocycles. The van der Waals surface area contributed by atoms with E-state index in [9.17, 15) is 10.1 Å². The summed E-state index contributed by atoms with van der Waals surface area (Å²) < 4.78 is 11.8. The molecule has 0 saturated heterocycles. The van der Waals surface area contributed by atoms with E-state index < -0.39 is 5.60 Å². The van der Waals surface area contributed by atoms with Crippen molar-refractivity contribution in [1.29, 1.82) is 5.26 Å². The van der Waals surface area contributed by atoms with Gasteiger partial charge in [0.15, 0.2) is 0 Å². The highest BCUT2D eigenvalue weighted by Gasteiger charge is 2.55. The first kappa shape index (κ1) is 27.6. The number of nitriles is 1. The summed E-state index contributed by atoms with van der Waals surface area (Å²) in [5.74, 6) is 3.58. The minimum atomic E-state index is -0.503. The fraction of sp³-hybridized carbons (Fsp3) is 0.625. The lowest BCUT2D eigenvalue weighted by Crippen LogP contribution is -2.60. The van der Waals surface area contributed by atoms with Crippen molar-refractivity contribution in [1.82, 2.24) is 15.3 Å². The van der Waals surface area contributed by atoms with Crippen LogP contribution in [0.5, 0.6) is 5.75 Å². The van der Waals surface area contributed by atoms with E-state index in [0.717, 1.165) is 50.0 Å². The number of hydrogen-bond acceptors (Lipinski definition) is 8. The van der Waals surface area contributed by atoms with Gasteiger partial charge in [0.1, 0.15) is 34.4 Å². The highest BCUT2D eigenvalue weighted by molar-refractivity contribution is 5.68. The molecule has 4 fully saturated rings. The van der Waals surface area contributed by atoms with E-state index in [1.165, 1.54) is 12.0 Å². The third kappa shape index (κ3) is 5.79. The second-order valence-electron chi connectivity index (χ2n) is 14.4. The van der Waals surface area contributed by atoms with Crippen molar-refractivity contribution in [3.8, 4) is 11.8 Å². The molecule has 2 aromatic rings. The number of nitrogens with one attached hydrogen (secondary N) is 3. The molecule has 5 atom stereocenters. The Labute approximate surface area is 242 Å². The summed E-state index contributed by atoms with van der Waals surface area (Å²) in [7, 11) is 0. The quantitative estimate of drug-likeness (QED) is 0.390. The number of anilines is 2. The molecule has 4 saturated carbocycles. The molecule has 4 bridgehead atoms. The summed E-state index contributed by atoms with van der Waals surface area (Å²) in [5, 5.41) is 19.9. The van der Waals surface area contributed by atoms with Crippen molar-refractivity contribution in [2.75, 3.05) is 17.2 Å². The van der Waals surface area contributed by atoms with Crippen molar-refractivity contribution in [2.24, 2.45) is 23.2 Å². The van der Waals surface area contributed by atoms with Crippen molar-refractivity contribution < 1.29 is 14.3 Å². The number of aromatic nitrogens is 2. The number of carbonyl (C=O) groups excluding carboxylic acids is 1. The Kier molecular flexibility index (Phi) is 6.79. The van der Waals surface area contributed by atoms with Gasteiger partial charge in [-0.3, -0.25) is 0 Å². The molecular formula is C32H42N6O3. The van der Waals surface area contributed by atoms with Crippen LogP contribution in [0, 0.1) is 34.5 Å². The predicted molar refractivity (Wildman–Crippen MR) is 157 cm³/mol. The molecule has 1 aliphatic heterocycles. The number of para-hydroxylation sites is 1. The summed E-state index contributed by atoms with van der Waals surface area (Å²) in [6, 6.07) is 8.67. The Balaban J connectivity index is 1.11. The van der Waals surface area contributed by atoms with E-state index in [1.807, 2.05) is 20.8 Å². The Hall–Kier alpha value is -3.54. The lowest BCUT2D eigenvalue weighted by atomic mass is 9.48. The van der Waals surface area contributed by atoms with Crippen LogP contribution in [0.25, 0.3) is 0 Å². The Morgan fingerprint density at radius 1 is 1.17 bits per heavy atom. The molecule has 1 aromatic heterocycles. The van der Waals surface area contributed by atoms with Crippen LogP contribution in [-0.4, -0.2) is 39.8 Å². The zero-order valence-electron chi connectivity index (χ0n) is 24.8. The summed E-state index contributed by atoms with van der Waals surface area (Å²) in [6.07, 6.45) is 7.79. The van der Waals surface area contributed by atoms with Gasteiger partial charge in [-0.15, -0.1) is 0 Å². The molecule has 218 valence electrons. The SMILES string of the molecule is CC(C)(C)OC(=O)NC1[C@@H]2CC3C[C@H]1CC(CNc1nc(NCc4cccc5c4OC(C)(C)C5)ncc1C#N)(C3)C2. The van der Waals surface area contributed by atoms with Gasteiger partial charge in [-0.05, 0) is 95.5 Å². The second kappa shape index (κ2) is 10.1. The number of carbonyl (C=O) groups is 1. The monoisotopic (exact) mass is 558 g/mol. The first-order valence-electron chi connectivity index (χ1n) is 15.0. The van der Waals surface area contributed by atoms with E-state index in [0.29, 0.717) is 41.6 Å². The lowest BCUT2D eigenvalue weighted by Gasteiger charge is -2.60. The van der Waals surface area contributed by atoms with Gasteiger partial charge in [0.25, 0.3) is 0 Å². The molecule has 1 amide bonds. The number of ether oxygens (including phenoxy) is 2. The second-order valence-corrected chi connectivity index (χ2v) is 14.4. The van der Waals surface area contributed by atoms with Crippen LogP contribution in [0.2, 0.25) is 0 Å². The molecule has 0 radical (unpaired) electrons. The highest BCUT2D eigenvalue weighted by Crippen LogP contribution is 2.60. The minimum Gasteiger partial charge on any atom is -0.487 e. The minimum absolute atomic E-state index is 0.141. The van der Waals surface area contributed by atoms with Crippen LogP contribution < -0.4 is 20.7 Å². The zero-order chi connectivity index (χ0) is 29.0. The average molecular weight is 559 g/mol. The van der Waals surface area contributed by atoms with Crippen LogP contribution in [0.1, 0.15) is 83.4 Å². The van der Waals surface area contributed by atoms with Crippen molar-refractivity contribution in [3.63, 3.8) is 0 Å². The molecule has 9 heteroatoms. The number of hydrogen-bond donors (Lipinski definition) is 3. The van der Waals surface area contributed by atoms with Gasteiger partial charge in [-0.25, -0.2) is 9.78 Å². The first-order chi connectivity index (χ1) is 19.4. The largest absolute Gasteiger partial charge is 0.487 e. The van der Waals surface area contributed by atoms with Gasteiger partial charge in [-0.1, -0.05) is 18.2 Å². The number of alkyl carbamates (subject to hydrolysis) is 1. The molecule has 0 spiro atoms. The third-order valence-corrected chi connectivity index (χ3v) is 9.23. The van der Waals surface area contributed by atoms with Crippen molar-refractivity contribution in [3.05, 3.63) is 41.1 Å². The van der Waals surface area contributed by atoms with Crippen LogP contribution in [0.15, 0.2) is 24.4 Å². The maximum absolute atomic E-state index is 12.6. The van der Waals surface area contributed by atoms with E-state index in [-0.39, 0.29) is 23.2 Å². The third-order valence-electron chi connectivity index (χ3n) is 9.23. The van der Waals surface area contributed by atoms with E-state index in [4.69, 9.17) is 14.5 Å². The Morgan fingerprint density at radius 3 is 2.63 bits per heavy atom. The van der Waals surface area contributed by atoms with Gasteiger partial charge in [0.05, 0.1) is 6.20 Å². The molecule has 7 rings (SSSR count). The van der Waals surface area contributed by atoms with Crippen LogP contribution in [0.4, 0.5) is 16.6 Å². The smallest absolute Gasteiger partial charge is 0.407 e. The molecular weight excluding hydrogens is 516 g/mol. The fourth-order valence-electron chi connectivity index (χ4n) is 8.04. The maximum Gasteiger partial charge on any atom is 0.407 e. The molecule has 41 heavy (non-hydrogen) atoms. The molecule has 9 nitrogen and oxygen atoms in total. The van der Waals surface area contributed by atoms with E-state index in [1.54, 1.807) is 6.20 Å².